The van der Waals surface area contributed by atoms with Crippen LogP contribution < -0.4 is 10.3 Å². The first-order chi connectivity index (χ1) is 20.1. The zero-order valence-electron chi connectivity index (χ0n) is 23.3. The van der Waals surface area contributed by atoms with Gasteiger partial charge in [0.05, 0.1) is 36.3 Å². The zero-order chi connectivity index (χ0) is 28.6. The van der Waals surface area contributed by atoms with Gasteiger partial charge >= 0.3 is 0 Å². The van der Waals surface area contributed by atoms with Gasteiger partial charge in [-0.2, -0.15) is 0 Å². The van der Waals surface area contributed by atoms with E-state index in [1.165, 1.54) is 0 Å². The predicted molar refractivity (Wildman–Crippen MR) is 160 cm³/mol. The average Bonchev–Trinajstić information content (AvgIpc) is 3.02. The summed E-state index contributed by atoms with van der Waals surface area (Å²) >= 11 is 0. The Morgan fingerprint density at radius 1 is 0.854 bits per heavy atom. The van der Waals surface area contributed by atoms with Crippen LogP contribution >= 0.6 is 0 Å². The lowest BCUT2D eigenvalue weighted by atomic mass is 10.1. The molecule has 5 aromatic rings. The highest BCUT2D eigenvalue weighted by Crippen LogP contribution is 2.30. The van der Waals surface area contributed by atoms with Gasteiger partial charge in [-0.25, -0.2) is 4.98 Å². The van der Waals surface area contributed by atoms with Gasteiger partial charge in [-0.05, 0) is 41.8 Å². The molecule has 1 aromatic heterocycles. The third-order valence-electron chi connectivity index (χ3n) is 7.04. The standard InChI is InChI=1S/C34H33N3O4/c1-3-29(36(22-25-14-6-4-7-15-25)32(38)24-41-23-26-16-8-5-9-17-26)33-35-28-19-11-10-18-27(28)34(39)37(33)30-20-12-13-21-31(30)40-2/h4-21,29H,3,22-24H2,1-2H3. The van der Waals surface area contributed by atoms with Gasteiger partial charge in [0, 0.05) is 6.54 Å². The molecule has 0 fully saturated rings. The molecule has 208 valence electrons. The number of hydrogen-bond donors (Lipinski definition) is 0. The first kappa shape index (κ1) is 27.8. The monoisotopic (exact) mass is 547 g/mol. The fraction of sp³-hybridized carbons (Fsp3) is 0.206. The van der Waals surface area contributed by atoms with Gasteiger partial charge in [-0.1, -0.05) is 91.9 Å². The highest BCUT2D eigenvalue weighted by Gasteiger charge is 2.30. The van der Waals surface area contributed by atoms with E-state index in [-0.39, 0.29) is 18.1 Å². The molecular formula is C34H33N3O4. The van der Waals surface area contributed by atoms with Crippen molar-refractivity contribution in [1.82, 2.24) is 14.5 Å². The van der Waals surface area contributed by atoms with E-state index in [4.69, 9.17) is 14.5 Å². The number of carbonyl (C=O) groups excluding carboxylic acids is 1. The Balaban J connectivity index is 1.61. The summed E-state index contributed by atoms with van der Waals surface area (Å²) in [4.78, 5) is 34.7. The minimum absolute atomic E-state index is 0.106. The van der Waals surface area contributed by atoms with Gasteiger partial charge in [-0.3, -0.25) is 14.2 Å². The summed E-state index contributed by atoms with van der Waals surface area (Å²) < 4.78 is 13.1. The van der Waals surface area contributed by atoms with Gasteiger partial charge in [0.15, 0.2) is 0 Å². The molecule has 7 heteroatoms. The molecule has 0 saturated heterocycles. The third-order valence-corrected chi connectivity index (χ3v) is 7.04. The van der Waals surface area contributed by atoms with Crippen molar-refractivity contribution in [2.75, 3.05) is 13.7 Å². The summed E-state index contributed by atoms with van der Waals surface area (Å²) in [5.74, 6) is 0.813. The molecular weight excluding hydrogens is 514 g/mol. The molecule has 1 unspecified atom stereocenters. The smallest absolute Gasteiger partial charge is 0.266 e. The van der Waals surface area contributed by atoms with Crippen molar-refractivity contribution in [3.63, 3.8) is 0 Å². The predicted octanol–water partition coefficient (Wildman–Crippen LogP) is 6.09. The molecule has 4 aromatic carbocycles. The number of para-hydroxylation sites is 3. The fourth-order valence-corrected chi connectivity index (χ4v) is 5.03. The lowest BCUT2D eigenvalue weighted by Gasteiger charge is -2.32. The fourth-order valence-electron chi connectivity index (χ4n) is 5.03. The SMILES string of the molecule is CCC(c1nc2ccccc2c(=O)n1-c1ccccc1OC)N(Cc1ccccc1)C(=O)COCc1ccccc1. The third kappa shape index (κ3) is 6.21. The van der Waals surface area contributed by atoms with E-state index < -0.39 is 6.04 Å². The van der Waals surface area contributed by atoms with E-state index in [2.05, 4.69) is 0 Å². The number of amides is 1. The number of nitrogens with zero attached hydrogens (tertiary/aromatic N) is 3. The van der Waals surface area contributed by atoms with Crippen molar-refractivity contribution in [2.24, 2.45) is 0 Å². The molecule has 0 bridgehead atoms. The van der Waals surface area contributed by atoms with E-state index in [1.54, 1.807) is 22.6 Å². The van der Waals surface area contributed by atoms with Crippen LogP contribution in [0, 0.1) is 0 Å². The maximum Gasteiger partial charge on any atom is 0.266 e. The number of fused-ring (bicyclic) bond motifs is 1. The van der Waals surface area contributed by atoms with Gasteiger partial charge < -0.3 is 14.4 Å². The van der Waals surface area contributed by atoms with Crippen LogP contribution in [0.25, 0.3) is 16.6 Å². The highest BCUT2D eigenvalue weighted by atomic mass is 16.5. The summed E-state index contributed by atoms with van der Waals surface area (Å²) in [5, 5.41) is 0.490. The summed E-state index contributed by atoms with van der Waals surface area (Å²) in [6.45, 7) is 2.55. The maximum atomic E-state index is 14.1. The quantitative estimate of drug-likeness (QED) is 0.200. The van der Waals surface area contributed by atoms with Crippen LogP contribution in [0.5, 0.6) is 5.75 Å². The maximum absolute atomic E-state index is 14.1. The van der Waals surface area contributed by atoms with Crippen molar-refractivity contribution in [1.29, 1.82) is 0 Å². The van der Waals surface area contributed by atoms with Gasteiger partial charge in [-0.15, -0.1) is 0 Å². The lowest BCUT2D eigenvalue weighted by Crippen LogP contribution is -2.40. The number of rotatable bonds is 11. The van der Waals surface area contributed by atoms with Crippen LogP contribution in [0.2, 0.25) is 0 Å². The number of aromatic nitrogens is 2. The molecule has 5 rings (SSSR count). The summed E-state index contributed by atoms with van der Waals surface area (Å²) in [6.07, 6.45) is 0.525. The molecule has 1 amide bonds. The zero-order valence-corrected chi connectivity index (χ0v) is 23.3. The average molecular weight is 548 g/mol. The Morgan fingerprint density at radius 3 is 2.20 bits per heavy atom. The molecule has 0 aliphatic heterocycles. The number of ether oxygens (including phenoxy) is 2. The summed E-state index contributed by atoms with van der Waals surface area (Å²) in [5.41, 5.74) is 2.88. The molecule has 41 heavy (non-hydrogen) atoms. The van der Waals surface area contributed by atoms with Gasteiger partial charge in [0.25, 0.3) is 5.56 Å². The van der Waals surface area contributed by atoms with Gasteiger partial charge in [0.2, 0.25) is 5.91 Å². The minimum atomic E-state index is -0.523. The topological polar surface area (TPSA) is 73.7 Å². The molecule has 7 nitrogen and oxygen atoms in total. The second-order valence-electron chi connectivity index (χ2n) is 9.71. The summed E-state index contributed by atoms with van der Waals surface area (Å²) in [6, 6.07) is 33.7. The highest BCUT2D eigenvalue weighted by molar-refractivity contribution is 5.79. The van der Waals surface area contributed by atoms with Gasteiger partial charge in [0.1, 0.15) is 18.2 Å². The van der Waals surface area contributed by atoms with Crippen LogP contribution in [0.1, 0.15) is 36.3 Å². The van der Waals surface area contributed by atoms with E-state index >= 15 is 0 Å². The number of hydrogen-bond acceptors (Lipinski definition) is 5. The molecule has 1 heterocycles. The van der Waals surface area contributed by atoms with Crippen LogP contribution in [-0.4, -0.2) is 34.1 Å². The Hall–Kier alpha value is -4.75. The Morgan fingerprint density at radius 2 is 1.49 bits per heavy atom. The molecule has 0 N–H and O–H groups in total. The minimum Gasteiger partial charge on any atom is -0.495 e. The van der Waals surface area contributed by atoms with E-state index in [0.717, 1.165) is 11.1 Å². The van der Waals surface area contributed by atoms with Crippen molar-refractivity contribution in [2.45, 2.75) is 32.5 Å². The Kier molecular flexibility index (Phi) is 8.86. The number of carbonyl (C=O) groups is 1. The first-order valence-electron chi connectivity index (χ1n) is 13.7. The van der Waals surface area contributed by atoms with E-state index in [9.17, 15) is 9.59 Å². The second kappa shape index (κ2) is 13.1. The van der Waals surface area contributed by atoms with Crippen LogP contribution in [-0.2, 0) is 22.7 Å². The Labute approximate surface area is 239 Å². The van der Waals surface area contributed by atoms with Crippen LogP contribution in [0.15, 0.2) is 114 Å². The molecule has 0 aliphatic rings. The normalized spacial score (nSPS) is 11.8. The van der Waals surface area contributed by atoms with Crippen molar-refractivity contribution in [3.05, 3.63) is 136 Å². The van der Waals surface area contributed by atoms with E-state index in [0.29, 0.717) is 47.7 Å². The largest absolute Gasteiger partial charge is 0.495 e. The molecule has 0 radical (unpaired) electrons. The van der Waals surface area contributed by atoms with Crippen molar-refractivity contribution < 1.29 is 14.3 Å². The first-order valence-corrected chi connectivity index (χ1v) is 13.7. The summed E-state index contributed by atoms with van der Waals surface area (Å²) in [7, 11) is 1.57. The van der Waals surface area contributed by atoms with Crippen molar-refractivity contribution in [3.8, 4) is 11.4 Å². The van der Waals surface area contributed by atoms with E-state index in [1.807, 2.05) is 110 Å². The molecule has 0 aliphatic carbocycles. The van der Waals surface area contributed by atoms with Crippen LogP contribution in [0.4, 0.5) is 0 Å². The second-order valence-corrected chi connectivity index (χ2v) is 9.71. The van der Waals surface area contributed by atoms with Crippen LogP contribution in [0.3, 0.4) is 0 Å². The molecule has 1 atom stereocenters. The molecule has 0 spiro atoms. The molecule has 0 saturated carbocycles. The van der Waals surface area contributed by atoms with Crippen molar-refractivity contribution >= 4 is 16.8 Å². The Bertz CT molecular complexity index is 1670. The lowest BCUT2D eigenvalue weighted by molar-refractivity contribution is -0.140. The number of methoxy groups -OCH3 is 1. The number of benzene rings is 4.